The van der Waals surface area contributed by atoms with Crippen LogP contribution in [0.15, 0.2) is 48.5 Å². The van der Waals surface area contributed by atoms with E-state index in [2.05, 4.69) is 10.6 Å². The molecule has 0 aromatic heterocycles. The maximum Gasteiger partial charge on any atom is 0.338 e. The molecular weight excluding hydrogens is 360 g/mol. The number of esters is 1. The van der Waals surface area contributed by atoms with Crippen LogP contribution in [0.3, 0.4) is 0 Å². The Morgan fingerprint density at radius 1 is 1.08 bits per heavy atom. The average molecular weight is 377 g/mol. The van der Waals surface area contributed by atoms with Crippen molar-refractivity contribution in [1.29, 1.82) is 0 Å². The maximum atomic E-state index is 12.0. The molecule has 130 valence electrons. The molecule has 0 atom stereocenters. The van der Waals surface area contributed by atoms with Crippen LogP contribution in [0.2, 0.25) is 5.02 Å². The first kappa shape index (κ1) is 18.9. The average Bonchev–Trinajstić information content (AvgIpc) is 2.57. The Bertz CT molecular complexity index is 761. The molecule has 1 amide bonds. The van der Waals surface area contributed by atoms with Crippen molar-refractivity contribution in [3.63, 3.8) is 0 Å². The summed E-state index contributed by atoms with van der Waals surface area (Å²) in [6.07, 6.45) is 0.195. The Balaban J connectivity index is 1.86. The van der Waals surface area contributed by atoms with Gasteiger partial charge in [-0.15, -0.1) is 0 Å². The minimum Gasteiger partial charge on any atom is -0.462 e. The largest absolute Gasteiger partial charge is 0.462 e. The molecule has 2 aromatic rings. The molecule has 0 fully saturated rings. The molecule has 0 aliphatic heterocycles. The van der Waals surface area contributed by atoms with Crippen molar-refractivity contribution in [2.24, 2.45) is 0 Å². The number of rotatable bonds is 5. The zero-order valence-corrected chi connectivity index (χ0v) is 15.1. The minimum atomic E-state index is -0.382. The summed E-state index contributed by atoms with van der Waals surface area (Å²) in [5.74, 6) is -0.615. The van der Waals surface area contributed by atoms with Gasteiger partial charge >= 0.3 is 5.97 Å². The normalized spacial score (nSPS) is 10.0. The Labute approximate surface area is 156 Å². The molecule has 0 aliphatic carbocycles. The number of hydrogen-bond donors (Lipinski definition) is 2. The molecule has 0 unspecified atom stereocenters. The molecule has 7 heteroatoms. The van der Waals surface area contributed by atoms with E-state index < -0.39 is 0 Å². The van der Waals surface area contributed by atoms with Gasteiger partial charge in [0.25, 0.3) is 0 Å². The van der Waals surface area contributed by atoms with Gasteiger partial charge < -0.3 is 15.4 Å². The van der Waals surface area contributed by atoms with E-state index in [1.807, 2.05) is 0 Å². The van der Waals surface area contributed by atoms with Crippen LogP contribution in [0, 0.1) is 0 Å². The number of halogens is 1. The quantitative estimate of drug-likeness (QED) is 0.616. The summed E-state index contributed by atoms with van der Waals surface area (Å²) in [5.41, 5.74) is 1.94. The number of thiocarbonyl (C=S) groups is 1. The zero-order chi connectivity index (χ0) is 18.2. The molecule has 2 N–H and O–H groups in total. The molecule has 0 saturated carbocycles. The molecule has 5 nitrogen and oxygen atoms in total. The van der Waals surface area contributed by atoms with Gasteiger partial charge in [0.15, 0.2) is 5.11 Å². The van der Waals surface area contributed by atoms with Crippen LogP contribution in [0.5, 0.6) is 0 Å². The number of nitrogens with one attached hydrogen (secondary N) is 2. The molecule has 0 bridgehead atoms. The van der Waals surface area contributed by atoms with E-state index in [1.54, 1.807) is 55.5 Å². The first-order valence-corrected chi connectivity index (χ1v) is 8.39. The van der Waals surface area contributed by atoms with E-state index in [0.29, 0.717) is 22.9 Å². The third kappa shape index (κ3) is 6.17. The van der Waals surface area contributed by atoms with Crippen molar-refractivity contribution < 1.29 is 14.3 Å². The van der Waals surface area contributed by atoms with Gasteiger partial charge in [-0.3, -0.25) is 4.79 Å². The molecule has 25 heavy (non-hydrogen) atoms. The standard InChI is InChI=1S/C18H17ClN2O3S/c1-2-24-17(23)13-5-9-15(10-6-13)20-18(25)21-16(22)11-12-3-7-14(19)8-4-12/h3-10H,2,11H2,1H3,(H2,20,21,22,25). The van der Waals surface area contributed by atoms with Crippen LogP contribution in [0.1, 0.15) is 22.8 Å². The molecule has 0 heterocycles. The third-order valence-corrected chi connectivity index (χ3v) is 3.64. The van der Waals surface area contributed by atoms with E-state index in [-0.39, 0.29) is 23.4 Å². The monoisotopic (exact) mass is 376 g/mol. The third-order valence-electron chi connectivity index (χ3n) is 3.18. The SMILES string of the molecule is CCOC(=O)c1ccc(NC(=S)NC(=O)Cc2ccc(Cl)cc2)cc1. The van der Waals surface area contributed by atoms with E-state index in [0.717, 1.165) is 5.56 Å². The van der Waals surface area contributed by atoms with E-state index in [9.17, 15) is 9.59 Å². The van der Waals surface area contributed by atoms with Crippen molar-refractivity contribution in [3.8, 4) is 0 Å². The lowest BCUT2D eigenvalue weighted by molar-refractivity contribution is -0.119. The van der Waals surface area contributed by atoms with Crippen LogP contribution in [-0.4, -0.2) is 23.6 Å². The summed E-state index contributed by atoms with van der Waals surface area (Å²) in [7, 11) is 0. The number of amides is 1. The highest BCUT2D eigenvalue weighted by Crippen LogP contribution is 2.11. The molecule has 2 aromatic carbocycles. The summed E-state index contributed by atoms with van der Waals surface area (Å²) < 4.78 is 4.92. The maximum absolute atomic E-state index is 12.0. The topological polar surface area (TPSA) is 67.4 Å². The molecule has 0 saturated heterocycles. The van der Waals surface area contributed by atoms with Gasteiger partial charge in [-0.1, -0.05) is 23.7 Å². The summed E-state index contributed by atoms with van der Waals surface area (Å²) >= 11 is 10.9. The fourth-order valence-electron chi connectivity index (χ4n) is 2.02. The highest BCUT2D eigenvalue weighted by Gasteiger charge is 2.08. The first-order chi connectivity index (χ1) is 12.0. The summed E-state index contributed by atoms with van der Waals surface area (Å²) in [6.45, 7) is 2.07. The van der Waals surface area contributed by atoms with Crippen LogP contribution in [0.25, 0.3) is 0 Å². The van der Waals surface area contributed by atoms with E-state index >= 15 is 0 Å². The lowest BCUT2D eigenvalue weighted by Crippen LogP contribution is -2.35. The molecule has 0 spiro atoms. The Kier molecular flexibility index (Phi) is 6.91. The van der Waals surface area contributed by atoms with E-state index in [1.165, 1.54) is 0 Å². The molecule has 0 radical (unpaired) electrons. The predicted molar refractivity (Wildman–Crippen MR) is 102 cm³/mol. The summed E-state index contributed by atoms with van der Waals surface area (Å²) in [6, 6.07) is 13.6. The summed E-state index contributed by atoms with van der Waals surface area (Å²) in [5, 5.41) is 6.30. The van der Waals surface area contributed by atoms with Crippen LogP contribution >= 0.6 is 23.8 Å². The lowest BCUT2D eigenvalue weighted by atomic mass is 10.1. The van der Waals surface area contributed by atoms with Gasteiger partial charge in [-0.25, -0.2) is 4.79 Å². The van der Waals surface area contributed by atoms with Gasteiger partial charge in [0.1, 0.15) is 0 Å². The van der Waals surface area contributed by atoms with Crippen molar-refractivity contribution >= 4 is 46.5 Å². The Hall–Kier alpha value is -2.44. The Morgan fingerprint density at radius 3 is 2.32 bits per heavy atom. The highest BCUT2D eigenvalue weighted by molar-refractivity contribution is 7.80. The number of ether oxygens (including phenoxy) is 1. The van der Waals surface area contributed by atoms with Gasteiger partial charge in [0.05, 0.1) is 18.6 Å². The number of benzene rings is 2. The molecule has 2 rings (SSSR count). The van der Waals surface area contributed by atoms with Crippen molar-refractivity contribution in [2.75, 3.05) is 11.9 Å². The van der Waals surface area contributed by atoms with E-state index in [4.69, 9.17) is 28.6 Å². The summed E-state index contributed by atoms with van der Waals surface area (Å²) in [4.78, 5) is 23.6. The second-order valence-electron chi connectivity index (χ2n) is 5.10. The number of hydrogen-bond acceptors (Lipinski definition) is 4. The molecule has 0 aliphatic rings. The van der Waals surface area contributed by atoms with Gasteiger partial charge in [-0.05, 0) is 61.1 Å². The van der Waals surface area contributed by atoms with Gasteiger partial charge in [0, 0.05) is 10.7 Å². The predicted octanol–water partition coefficient (Wildman–Crippen LogP) is 3.57. The highest BCUT2D eigenvalue weighted by atomic mass is 35.5. The Morgan fingerprint density at radius 2 is 1.72 bits per heavy atom. The number of carbonyl (C=O) groups excluding carboxylic acids is 2. The second-order valence-corrected chi connectivity index (χ2v) is 5.95. The van der Waals surface area contributed by atoms with Crippen LogP contribution in [0.4, 0.5) is 5.69 Å². The number of anilines is 1. The van der Waals surface area contributed by atoms with Crippen LogP contribution in [-0.2, 0) is 16.0 Å². The molecular formula is C18H17ClN2O3S. The minimum absolute atomic E-state index is 0.183. The fraction of sp³-hybridized carbons (Fsp3) is 0.167. The van der Waals surface area contributed by atoms with Gasteiger partial charge in [-0.2, -0.15) is 0 Å². The smallest absolute Gasteiger partial charge is 0.338 e. The lowest BCUT2D eigenvalue weighted by Gasteiger charge is -2.10. The first-order valence-electron chi connectivity index (χ1n) is 7.60. The number of carbonyl (C=O) groups is 2. The van der Waals surface area contributed by atoms with Crippen molar-refractivity contribution in [2.45, 2.75) is 13.3 Å². The van der Waals surface area contributed by atoms with Crippen LogP contribution < -0.4 is 10.6 Å². The van der Waals surface area contributed by atoms with Gasteiger partial charge in [0.2, 0.25) is 5.91 Å². The van der Waals surface area contributed by atoms with Crippen molar-refractivity contribution in [1.82, 2.24) is 5.32 Å². The zero-order valence-electron chi connectivity index (χ0n) is 13.5. The van der Waals surface area contributed by atoms with Crippen molar-refractivity contribution in [3.05, 3.63) is 64.7 Å². The fourth-order valence-corrected chi connectivity index (χ4v) is 2.38. The second kappa shape index (κ2) is 9.15.